The monoisotopic (exact) mass is 247 g/mol. The van der Waals surface area contributed by atoms with Crippen LogP contribution in [0.5, 0.6) is 5.75 Å². The Bertz CT molecular complexity index is 350. The molecule has 0 aliphatic heterocycles. The van der Waals surface area contributed by atoms with E-state index in [9.17, 15) is 0 Å². The molecule has 0 heterocycles. The van der Waals surface area contributed by atoms with Gasteiger partial charge in [0.05, 0.1) is 6.10 Å². The lowest BCUT2D eigenvalue weighted by Crippen LogP contribution is -2.25. The molecule has 0 saturated heterocycles. The van der Waals surface area contributed by atoms with Crippen molar-refractivity contribution in [2.24, 2.45) is 5.92 Å². The summed E-state index contributed by atoms with van der Waals surface area (Å²) in [5, 5.41) is 3.63. The van der Waals surface area contributed by atoms with E-state index >= 15 is 0 Å². The maximum absolute atomic E-state index is 5.65. The lowest BCUT2D eigenvalue weighted by molar-refractivity contribution is 0.242. The zero-order chi connectivity index (χ0) is 13.0. The summed E-state index contributed by atoms with van der Waals surface area (Å²) in [6.07, 6.45) is 5.54. The van der Waals surface area contributed by atoms with Gasteiger partial charge in [-0.05, 0) is 69.7 Å². The minimum absolute atomic E-state index is 0.239. The fraction of sp³-hybridized carbons (Fsp3) is 0.625. The van der Waals surface area contributed by atoms with E-state index in [1.165, 1.54) is 31.4 Å². The minimum Gasteiger partial charge on any atom is -0.491 e. The summed E-state index contributed by atoms with van der Waals surface area (Å²) in [4.78, 5) is 0. The van der Waals surface area contributed by atoms with Crippen molar-refractivity contribution in [1.82, 2.24) is 0 Å². The Hall–Kier alpha value is -1.18. The molecule has 1 aromatic carbocycles. The Morgan fingerprint density at radius 2 is 1.67 bits per heavy atom. The van der Waals surface area contributed by atoms with Crippen LogP contribution in [0.4, 0.5) is 5.69 Å². The molecule has 2 heteroatoms. The van der Waals surface area contributed by atoms with Gasteiger partial charge in [0.25, 0.3) is 0 Å². The Morgan fingerprint density at radius 3 is 2.22 bits per heavy atom. The Kier molecular flexibility index (Phi) is 4.51. The molecule has 1 saturated carbocycles. The molecule has 1 aliphatic carbocycles. The molecular formula is C16H25NO. The van der Waals surface area contributed by atoms with E-state index < -0.39 is 0 Å². The molecule has 18 heavy (non-hydrogen) atoms. The molecule has 2 nitrogen and oxygen atoms in total. The van der Waals surface area contributed by atoms with Crippen LogP contribution >= 0.6 is 0 Å². The zero-order valence-electron chi connectivity index (χ0n) is 11.8. The molecule has 100 valence electrons. The van der Waals surface area contributed by atoms with Crippen molar-refractivity contribution in [3.05, 3.63) is 24.3 Å². The lowest BCUT2D eigenvalue weighted by atomic mass is 9.87. The van der Waals surface area contributed by atoms with E-state index in [1.54, 1.807) is 0 Å². The number of anilines is 1. The average Bonchev–Trinajstić information content (AvgIpc) is 2.34. The second kappa shape index (κ2) is 6.12. The third-order valence-electron chi connectivity index (χ3n) is 3.61. The van der Waals surface area contributed by atoms with Gasteiger partial charge in [-0.25, -0.2) is 0 Å². The first-order valence-corrected chi connectivity index (χ1v) is 7.16. The topological polar surface area (TPSA) is 21.3 Å². The highest BCUT2D eigenvalue weighted by molar-refractivity contribution is 5.47. The zero-order valence-corrected chi connectivity index (χ0v) is 11.8. The number of hydrogen-bond acceptors (Lipinski definition) is 2. The molecule has 1 aromatic rings. The first-order valence-electron chi connectivity index (χ1n) is 7.16. The molecule has 1 N–H and O–H groups in total. The summed E-state index contributed by atoms with van der Waals surface area (Å²) >= 11 is 0. The van der Waals surface area contributed by atoms with Crippen molar-refractivity contribution in [3.8, 4) is 5.75 Å². The predicted molar refractivity (Wildman–Crippen MR) is 77.2 cm³/mol. The van der Waals surface area contributed by atoms with E-state index in [0.717, 1.165) is 11.7 Å². The average molecular weight is 247 g/mol. The third kappa shape index (κ3) is 3.94. The van der Waals surface area contributed by atoms with Crippen molar-refractivity contribution >= 4 is 5.69 Å². The van der Waals surface area contributed by atoms with Gasteiger partial charge in [-0.15, -0.1) is 0 Å². The lowest BCUT2D eigenvalue weighted by Gasteiger charge is -2.27. The molecular weight excluding hydrogens is 222 g/mol. The molecule has 0 aromatic heterocycles. The van der Waals surface area contributed by atoms with Gasteiger partial charge in [0.1, 0.15) is 5.75 Å². The van der Waals surface area contributed by atoms with E-state index in [-0.39, 0.29) is 6.10 Å². The van der Waals surface area contributed by atoms with E-state index in [1.807, 2.05) is 12.1 Å². The van der Waals surface area contributed by atoms with Crippen molar-refractivity contribution < 1.29 is 4.74 Å². The van der Waals surface area contributed by atoms with Gasteiger partial charge in [0, 0.05) is 11.7 Å². The molecule has 0 amide bonds. The summed E-state index contributed by atoms with van der Waals surface area (Å²) in [5.41, 5.74) is 1.21. The standard InChI is InChI=1S/C16H25NO/c1-12(2)18-16-10-8-15(9-11-16)17-14-6-4-13(3)5-7-14/h8-14,17H,4-7H2,1-3H3. The Morgan fingerprint density at radius 1 is 1.06 bits per heavy atom. The SMILES string of the molecule is CC1CCC(Nc2ccc(OC(C)C)cc2)CC1. The first kappa shape index (κ1) is 13.3. The Balaban J connectivity index is 1.86. The van der Waals surface area contributed by atoms with Gasteiger partial charge in [-0.1, -0.05) is 6.92 Å². The van der Waals surface area contributed by atoms with Crippen LogP contribution in [0.2, 0.25) is 0 Å². The number of ether oxygens (including phenoxy) is 1. The predicted octanol–water partition coefficient (Wildman–Crippen LogP) is 4.46. The maximum Gasteiger partial charge on any atom is 0.119 e. The van der Waals surface area contributed by atoms with Gasteiger partial charge < -0.3 is 10.1 Å². The maximum atomic E-state index is 5.65. The molecule has 0 radical (unpaired) electrons. The van der Waals surface area contributed by atoms with Gasteiger partial charge >= 0.3 is 0 Å². The molecule has 0 bridgehead atoms. The normalized spacial score (nSPS) is 24.0. The minimum atomic E-state index is 0.239. The van der Waals surface area contributed by atoms with Crippen LogP contribution in [-0.4, -0.2) is 12.1 Å². The first-order chi connectivity index (χ1) is 8.63. The fourth-order valence-corrected chi connectivity index (χ4v) is 2.54. The summed E-state index contributed by atoms with van der Waals surface area (Å²) < 4.78 is 5.65. The van der Waals surface area contributed by atoms with Gasteiger partial charge in [0.2, 0.25) is 0 Å². The van der Waals surface area contributed by atoms with Crippen LogP contribution in [0.15, 0.2) is 24.3 Å². The molecule has 0 atom stereocenters. The van der Waals surface area contributed by atoms with E-state index in [4.69, 9.17) is 4.74 Å². The van der Waals surface area contributed by atoms with Crippen LogP contribution in [0.25, 0.3) is 0 Å². The second-order valence-corrected chi connectivity index (χ2v) is 5.79. The summed E-state index contributed by atoms with van der Waals surface area (Å²) in [6.45, 7) is 6.46. The van der Waals surface area contributed by atoms with Gasteiger partial charge in [-0.3, -0.25) is 0 Å². The van der Waals surface area contributed by atoms with Crippen molar-refractivity contribution in [3.63, 3.8) is 0 Å². The molecule has 2 rings (SSSR count). The highest BCUT2D eigenvalue weighted by Crippen LogP contribution is 2.26. The van der Waals surface area contributed by atoms with Crippen LogP contribution in [-0.2, 0) is 0 Å². The third-order valence-corrected chi connectivity index (χ3v) is 3.61. The Labute approximate surface area is 111 Å². The van der Waals surface area contributed by atoms with Crippen LogP contribution in [0.3, 0.4) is 0 Å². The molecule has 1 fully saturated rings. The van der Waals surface area contributed by atoms with Gasteiger partial charge in [-0.2, -0.15) is 0 Å². The van der Waals surface area contributed by atoms with Crippen molar-refractivity contribution in [2.45, 2.75) is 58.6 Å². The molecule has 0 spiro atoms. The van der Waals surface area contributed by atoms with Crippen LogP contribution in [0, 0.1) is 5.92 Å². The smallest absolute Gasteiger partial charge is 0.119 e. The van der Waals surface area contributed by atoms with Gasteiger partial charge in [0.15, 0.2) is 0 Å². The quantitative estimate of drug-likeness (QED) is 0.848. The second-order valence-electron chi connectivity index (χ2n) is 5.79. The number of hydrogen-bond donors (Lipinski definition) is 1. The van der Waals surface area contributed by atoms with Crippen molar-refractivity contribution in [2.75, 3.05) is 5.32 Å². The number of benzene rings is 1. The summed E-state index contributed by atoms with van der Waals surface area (Å²) in [6, 6.07) is 8.99. The fourth-order valence-electron chi connectivity index (χ4n) is 2.54. The number of rotatable bonds is 4. The molecule has 0 unspecified atom stereocenters. The summed E-state index contributed by atoms with van der Waals surface area (Å²) in [7, 11) is 0. The number of nitrogens with one attached hydrogen (secondary N) is 1. The van der Waals surface area contributed by atoms with Crippen LogP contribution in [0.1, 0.15) is 46.5 Å². The van der Waals surface area contributed by atoms with E-state index in [2.05, 4.69) is 38.2 Å². The summed E-state index contributed by atoms with van der Waals surface area (Å²) in [5.74, 6) is 1.86. The highest BCUT2D eigenvalue weighted by atomic mass is 16.5. The van der Waals surface area contributed by atoms with E-state index in [0.29, 0.717) is 6.04 Å². The van der Waals surface area contributed by atoms with Crippen LogP contribution < -0.4 is 10.1 Å². The molecule has 1 aliphatic rings. The highest BCUT2D eigenvalue weighted by Gasteiger charge is 2.17. The largest absolute Gasteiger partial charge is 0.491 e. The van der Waals surface area contributed by atoms with Crippen molar-refractivity contribution in [1.29, 1.82) is 0 Å².